The highest BCUT2D eigenvalue weighted by Gasteiger charge is 2.61. The number of allylic oxidation sites excluding steroid dienone is 2. The number of hydrogen-bond donors (Lipinski definition) is 0. The summed E-state index contributed by atoms with van der Waals surface area (Å²) in [6.07, 6.45) is 16.5. The Kier molecular flexibility index (Phi) is 5.47. The van der Waals surface area contributed by atoms with Crippen LogP contribution in [0.25, 0.3) is 0 Å². The Morgan fingerprint density at radius 1 is 1.07 bits per heavy atom. The molecule has 0 aromatic heterocycles. The first-order valence-electron chi connectivity index (χ1n) is 12.2. The Morgan fingerprint density at radius 3 is 2.61 bits per heavy atom. The zero-order valence-corrected chi connectivity index (χ0v) is 19.0. The van der Waals surface area contributed by atoms with Gasteiger partial charge in [-0.3, -0.25) is 0 Å². The summed E-state index contributed by atoms with van der Waals surface area (Å²) in [6, 6.07) is 0. The highest BCUT2D eigenvalue weighted by molar-refractivity contribution is 5.87. The first-order valence-corrected chi connectivity index (χ1v) is 12.2. The number of nitrogens with zero attached hydrogens (tertiary/aromatic N) is 1. The fraction of sp³-hybridized carbons (Fsp3) is 0.885. The third-order valence-electron chi connectivity index (χ3n) is 9.74. The van der Waals surface area contributed by atoms with Crippen LogP contribution in [0.5, 0.6) is 0 Å². The number of rotatable bonds is 4. The fourth-order valence-corrected chi connectivity index (χ4v) is 8.35. The van der Waals surface area contributed by atoms with Gasteiger partial charge in [-0.1, -0.05) is 39.8 Å². The van der Waals surface area contributed by atoms with Gasteiger partial charge >= 0.3 is 0 Å². The molecule has 3 aliphatic carbocycles. The largest absolute Gasteiger partial charge is 0.624 e. The van der Waals surface area contributed by atoms with Crippen molar-refractivity contribution >= 4 is 5.71 Å². The van der Waals surface area contributed by atoms with Crippen LogP contribution in [0.15, 0.2) is 12.2 Å². The van der Waals surface area contributed by atoms with E-state index in [0.717, 1.165) is 49.0 Å². The van der Waals surface area contributed by atoms with Crippen LogP contribution in [0.2, 0.25) is 0 Å². The second kappa shape index (κ2) is 7.47. The van der Waals surface area contributed by atoms with Crippen LogP contribution in [-0.2, 0) is 0 Å². The topological polar surface area (TPSA) is 26.1 Å². The van der Waals surface area contributed by atoms with Gasteiger partial charge in [-0.25, -0.2) is 4.74 Å². The van der Waals surface area contributed by atoms with Crippen molar-refractivity contribution in [2.45, 2.75) is 92.4 Å². The van der Waals surface area contributed by atoms with Crippen molar-refractivity contribution in [2.24, 2.45) is 46.3 Å². The van der Waals surface area contributed by atoms with Crippen LogP contribution in [-0.4, -0.2) is 17.0 Å². The summed E-state index contributed by atoms with van der Waals surface area (Å²) in [5, 5.41) is 12.6. The van der Waals surface area contributed by atoms with Crippen LogP contribution >= 0.6 is 0 Å². The van der Waals surface area contributed by atoms with Crippen LogP contribution in [0.4, 0.5) is 0 Å². The molecule has 4 aliphatic rings. The zero-order chi connectivity index (χ0) is 20.1. The third-order valence-corrected chi connectivity index (χ3v) is 9.74. The van der Waals surface area contributed by atoms with E-state index < -0.39 is 0 Å². The lowest BCUT2D eigenvalue weighted by Crippen LogP contribution is -2.55. The molecule has 0 spiro atoms. The van der Waals surface area contributed by atoms with Crippen LogP contribution in [0, 0.1) is 51.5 Å². The highest BCUT2D eigenvalue weighted by Crippen LogP contribution is 2.66. The van der Waals surface area contributed by atoms with Crippen LogP contribution < -0.4 is 0 Å². The lowest BCUT2D eigenvalue weighted by atomic mass is 9.47. The quantitative estimate of drug-likeness (QED) is 0.296. The molecular weight excluding hydrogens is 342 g/mol. The summed E-state index contributed by atoms with van der Waals surface area (Å²) in [4.78, 5) is 0. The second-order valence-electron chi connectivity index (χ2n) is 11.6. The Morgan fingerprint density at radius 2 is 1.86 bits per heavy atom. The summed E-state index contributed by atoms with van der Waals surface area (Å²) in [7, 11) is 0. The normalized spacial score (nSPS) is 44.5. The molecule has 1 aliphatic heterocycles. The van der Waals surface area contributed by atoms with Gasteiger partial charge in [-0.2, -0.15) is 0 Å². The minimum atomic E-state index is 0.200. The maximum Gasteiger partial charge on any atom is 0.169 e. The number of fused-ring (bicyclic) bond motifs is 5. The van der Waals surface area contributed by atoms with Gasteiger partial charge in [-0.05, 0) is 92.8 Å². The maximum absolute atomic E-state index is 12.6. The first kappa shape index (κ1) is 20.5. The highest BCUT2D eigenvalue weighted by atomic mass is 16.5. The maximum atomic E-state index is 12.6. The van der Waals surface area contributed by atoms with Crippen molar-refractivity contribution in [1.29, 1.82) is 0 Å². The lowest BCUT2D eigenvalue weighted by molar-refractivity contribution is -0.473. The molecule has 4 rings (SSSR count). The standard InChI is InChI=1S/C26H43NO/c1-18(2)8-6-9-19(3)21-11-12-22-20-10-13-24-26(5,15-7-17-27(24)28)23(20)14-16-25(21,22)4/h6,9,18-23H,7-8,10-17H2,1-5H3/b9-6+/t19-,20-,21+,22-,23-,25+,26+/m0/s1. The van der Waals surface area contributed by atoms with E-state index in [1.807, 2.05) is 0 Å². The van der Waals surface area contributed by atoms with E-state index in [1.54, 1.807) is 0 Å². The van der Waals surface area contributed by atoms with Crippen molar-refractivity contribution in [3.8, 4) is 0 Å². The molecule has 3 saturated carbocycles. The average molecular weight is 386 g/mol. The molecule has 0 aromatic carbocycles. The summed E-state index contributed by atoms with van der Waals surface area (Å²) in [5.41, 5.74) is 1.98. The van der Waals surface area contributed by atoms with Crippen molar-refractivity contribution in [3.05, 3.63) is 17.4 Å². The smallest absolute Gasteiger partial charge is 0.169 e. The van der Waals surface area contributed by atoms with Crippen LogP contribution in [0.1, 0.15) is 92.4 Å². The molecule has 0 saturated heterocycles. The Hall–Kier alpha value is -0.790. The van der Waals surface area contributed by atoms with Crippen molar-refractivity contribution in [1.82, 2.24) is 0 Å². The number of hydrogen-bond acceptors (Lipinski definition) is 1. The summed E-state index contributed by atoms with van der Waals surface area (Å²) >= 11 is 0. The lowest BCUT2D eigenvalue weighted by Gasteiger charge is -2.57. The molecule has 0 aromatic rings. The molecule has 7 atom stereocenters. The van der Waals surface area contributed by atoms with E-state index in [9.17, 15) is 5.21 Å². The van der Waals surface area contributed by atoms with Crippen LogP contribution in [0.3, 0.4) is 0 Å². The molecule has 0 unspecified atom stereocenters. The third kappa shape index (κ3) is 3.18. The Bertz CT molecular complexity index is 649. The first-order chi connectivity index (χ1) is 13.3. The zero-order valence-electron chi connectivity index (χ0n) is 19.0. The fourth-order valence-electron chi connectivity index (χ4n) is 8.35. The molecule has 28 heavy (non-hydrogen) atoms. The molecule has 0 amide bonds. The molecule has 0 N–H and O–H groups in total. The molecule has 2 nitrogen and oxygen atoms in total. The van der Waals surface area contributed by atoms with E-state index in [0.29, 0.717) is 11.3 Å². The van der Waals surface area contributed by atoms with Gasteiger partial charge in [0.1, 0.15) is 0 Å². The van der Waals surface area contributed by atoms with Gasteiger partial charge < -0.3 is 5.21 Å². The van der Waals surface area contributed by atoms with Gasteiger partial charge in [0.2, 0.25) is 0 Å². The molecule has 0 bridgehead atoms. The predicted octanol–water partition coefficient (Wildman–Crippen LogP) is 6.83. The molecule has 1 heterocycles. The van der Waals surface area contributed by atoms with Gasteiger partial charge in [0, 0.05) is 12.8 Å². The van der Waals surface area contributed by atoms with E-state index in [4.69, 9.17) is 0 Å². The van der Waals surface area contributed by atoms with Gasteiger partial charge in [-0.15, -0.1) is 0 Å². The van der Waals surface area contributed by atoms with Crippen molar-refractivity contribution < 1.29 is 4.74 Å². The summed E-state index contributed by atoms with van der Waals surface area (Å²) in [6.45, 7) is 12.9. The molecule has 2 heteroatoms. The Balaban J connectivity index is 1.54. The number of hydroxylamine groups is 1. The van der Waals surface area contributed by atoms with E-state index in [2.05, 4.69) is 46.8 Å². The van der Waals surface area contributed by atoms with Gasteiger partial charge in [0.15, 0.2) is 12.3 Å². The monoisotopic (exact) mass is 385 g/mol. The van der Waals surface area contributed by atoms with E-state index in [1.165, 1.54) is 55.4 Å². The van der Waals surface area contributed by atoms with E-state index >= 15 is 0 Å². The summed E-state index contributed by atoms with van der Waals surface area (Å²) in [5.74, 6) is 4.82. The molecule has 0 radical (unpaired) electrons. The van der Waals surface area contributed by atoms with Gasteiger partial charge in [0.05, 0.1) is 5.41 Å². The molecule has 3 fully saturated rings. The van der Waals surface area contributed by atoms with E-state index in [-0.39, 0.29) is 5.41 Å². The Labute approximate surface area is 173 Å². The molecular formula is C26H43NO. The van der Waals surface area contributed by atoms with Gasteiger partial charge in [0.25, 0.3) is 0 Å². The minimum Gasteiger partial charge on any atom is -0.624 e. The summed E-state index contributed by atoms with van der Waals surface area (Å²) < 4.78 is 1.40. The van der Waals surface area contributed by atoms with Crippen molar-refractivity contribution in [3.63, 3.8) is 0 Å². The van der Waals surface area contributed by atoms with Crippen molar-refractivity contribution in [2.75, 3.05) is 6.54 Å². The minimum absolute atomic E-state index is 0.200. The molecule has 158 valence electrons. The predicted molar refractivity (Wildman–Crippen MR) is 118 cm³/mol. The average Bonchev–Trinajstić information content (AvgIpc) is 2.98. The second-order valence-corrected chi connectivity index (χ2v) is 11.6. The SMILES string of the molecule is CC(C)C/C=C/[C@H](C)[C@H]1CC[C@H]2[C@@H]3CCC4=[N+]([O-])CCC[C@]4(C)[C@H]3CC[C@]12C.